The summed E-state index contributed by atoms with van der Waals surface area (Å²) in [5.41, 5.74) is 0. The van der Waals surface area contributed by atoms with Crippen LogP contribution in [0.4, 0.5) is 0 Å². The van der Waals surface area contributed by atoms with Crippen LogP contribution in [0.15, 0.2) is 24.3 Å². The lowest BCUT2D eigenvalue weighted by molar-refractivity contribution is -0.117. The average Bonchev–Trinajstić information content (AvgIpc) is 2.16. The van der Waals surface area contributed by atoms with E-state index in [1.165, 1.54) is 0 Å². The van der Waals surface area contributed by atoms with E-state index in [0.29, 0.717) is 5.02 Å². The number of aldehydes is 1. The number of rotatable bonds is 3. The first-order valence-corrected chi connectivity index (χ1v) is 5.05. The molecule has 2 atom stereocenters. The number of ether oxygens (including phenoxy) is 1. The maximum Gasteiger partial charge on any atom is 0.126 e. The summed E-state index contributed by atoms with van der Waals surface area (Å²) in [5, 5.41) is 0.692. The number of hydrogen-bond donors (Lipinski definition) is 0. The van der Waals surface area contributed by atoms with E-state index in [4.69, 9.17) is 16.3 Å². The number of carbonyl (C=O) groups excluding carboxylic acids is 1. The molecular formula is C11H11ClO2. The van der Waals surface area contributed by atoms with Crippen LogP contribution in [-0.2, 0) is 4.79 Å². The Balaban J connectivity index is 1.97. The Kier molecular flexibility index (Phi) is 2.73. The Labute approximate surface area is 87.8 Å². The van der Waals surface area contributed by atoms with Gasteiger partial charge in [0.25, 0.3) is 0 Å². The SMILES string of the molecule is O=CC1CCC1Oc1ccc(Cl)cc1. The van der Waals surface area contributed by atoms with Crippen LogP contribution in [-0.4, -0.2) is 12.4 Å². The first kappa shape index (κ1) is 9.53. The van der Waals surface area contributed by atoms with E-state index in [-0.39, 0.29) is 12.0 Å². The highest BCUT2D eigenvalue weighted by Crippen LogP contribution is 2.30. The summed E-state index contributed by atoms with van der Waals surface area (Å²) in [6.45, 7) is 0. The second-order valence-electron chi connectivity index (χ2n) is 3.49. The van der Waals surface area contributed by atoms with Crippen LogP contribution in [0.1, 0.15) is 12.8 Å². The van der Waals surface area contributed by atoms with Gasteiger partial charge in [-0.2, -0.15) is 0 Å². The number of carbonyl (C=O) groups is 1. The molecule has 1 aromatic carbocycles. The van der Waals surface area contributed by atoms with Crippen molar-refractivity contribution in [2.24, 2.45) is 5.92 Å². The van der Waals surface area contributed by atoms with Crippen LogP contribution in [0, 0.1) is 5.92 Å². The van der Waals surface area contributed by atoms with Gasteiger partial charge in [-0.1, -0.05) is 11.6 Å². The standard InChI is InChI=1S/C11H11ClO2/c12-9-2-4-10(5-3-9)14-11-6-1-8(11)7-13/h2-5,7-8,11H,1,6H2. The summed E-state index contributed by atoms with van der Waals surface area (Å²) < 4.78 is 5.62. The van der Waals surface area contributed by atoms with Crippen LogP contribution < -0.4 is 4.74 Å². The number of hydrogen-bond acceptors (Lipinski definition) is 2. The van der Waals surface area contributed by atoms with Crippen LogP contribution >= 0.6 is 11.6 Å². The van der Waals surface area contributed by atoms with Crippen LogP contribution in [0.2, 0.25) is 5.02 Å². The molecule has 0 spiro atoms. The van der Waals surface area contributed by atoms with Crippen LogP contribution in [0.3, 0.4) is 0 Å². The molecule has 0 aliphatic heterocycles. The molecule has 0 N–H and O–H groups in total. The number of halogens is 1. The summed E-state index contributed by atoms with van der Waals surface area (Å²) in [6.07, 6.45) is 2.95. The van der Waals surface area contributed by atoms with E-state index in [1.54, 1.807) is 12.1 Å². The zero-order chi connectivity index (χ0) is 9.97. The zero-order valence-corrected chi connectivity index (χ0v) is 8.41. The zero-order valence-electron chi connectivity index (χ0n) is 7.65. The molecule has 0 amide bonds. The Morgan fingerprint density at radius 1 is 1.29 bits per heavy atom. The second-order valence-corrected chi connectivity index (χ2v) is 3.92. The molecular weight excluding hydrogens is 200 g/mol. The van der Waals surface area contributed by atoms with Gasteiger partial charge in [0, 0.05) is 5.02 Å². The van der Waals surface area contributed by atoms with Crippen molar-refractivity contribution in [2.75, 3.05) is 0 Å². The molecule has 1 fully saturated rings. The predicted molar refractivity (Wildman–Crippen MR) is 54.7 cm³/mol. The number of benzene rings is 1. The Hall–Kier alpha value is -1.02. The smallest absolute Gasteiger partial charge is 0.126 e. The molecule has 1 saturated carbocycles. The van der Waals surface area contributed by atoms with Crippen molar-refractivity contribution < 1.29 is 9.53 Å². The molecule has 74 valence electrons. The summed E-state index contributed by atoms with van der Waals surface area (Å²) in [5.74, 6) is 0.858. The minimum absolute atomic E-state index is 0.0636. The molecule has 2 rings (SSSR count). The normalized spacial score (nSPS) is 25.2. The third-order valence-corrected chi connectivity index (χ3v) is 2.79. The van der Waals surface area contributed by atoms with Gasteiger partial charge in [-0.15, -0.1) is 0 Å². The Morgan fingerprint density at radius 3 is 2.50 bits per heavy atom. The fourth-order valence-electron chi connectivity index (χ4n) is 1.49. The molecule has 0 heterocycles. The van der Waals surface area contributed by atoms with Gasteiger partial charge in [0.2, 0.25) is 0 Å². The van der Waals surface area contributed by atoms with Gasteiger partial charge in [0.15, 0.2) is 0 Å². The van der Waals surface area contributed by atoms with E-state index in [2.05, 4.69) is 0 Å². The maximum absolute atomic E-state index is 10.5. The third kappa shape index (κ3) is 1.90. The largest absolute Gasteiger partial charge is 0.490 e. The highest BCUT2D eigenvalue weighted by molar-refractivity contribution is 6.30. The lowest BCUT2D eigenvalue weighted by atomic mass is 9.83. The molecule has 2 nitrogen and oxygen atoms in total. The van der Waals surface area contributed by atoms with Crippen molar-refractivity contribution in [3.8, 4) is 5.75 Å². The molecule has 14 heavy (non-hydrogen) atoms. The lowest BCUT2D eigenvalue weighted by Crippen LogP contribution is -2.37. The van der Waals surface area contributed by atoms with Crippen LogP contribution in [0.5, 0.6) is 5.75 Å². The van der Waals surface area contributed by atoms with E-state index in [0.717, 1.165) is 24.9 Å². The lowest BCUT2D eigenvalue weighted by Gasteiger charge is -2.32. The molecule has 0 bridgehead atoms. The van der Waals surface area contributed by atoms with E-state index in [1.807, 2.05) is 12.1 Å². The van der Waals surface area contributed by atoms with E-state index >= 15 is 0 Å². The van der Waals surface area contributed by atoms with E-state index in [9.17, 15) is 4.79 Å². The van der Waals surface area contributed by atoms with Gasteiger partial charge in [-0.05, 0) is 37.1 Å². The van der Waals surface area contributed by atoms with Gasteiger partial charge in [-0.25, -0.2) is 0 Å². The minimum atomic E-state index is 0.0636. The molecule has 3 heteroatoms. The fraction of sp³-hybridized carbons (Fsp3) is 0.364. The van der Waals surface area contributed by atoms with E-state index < -0.39 is 0 Å². The Bertz CT molecular complexity index is 321. The summed E-state index contributed by atoms with van der Waals surface area (Å²) in [6, 6.07) is 7.21. The summed E-state index contributed by atoms with van der Waals surface area (Å²) in [4.78, 5) is 10.5. The summed E-state index contributed by atoms with van der Waals surface area (Å²) in [7, 11) is 0. The van der Waals surface area contributed by atoms with Crippen molar-refractivity contribution in [3.05, 3.63) is 29.3 Å². The maximum atomic E-state index is 10.5. The minimum Gasteiger partial charge on any atom is -0.490 e. The van der Waals surface area contributed by atoms with Gasteiger partial charge < -0.3 is 9.53 Å². The second kappa shape index (κ2) is 4.01. The molecule has 0 aromatic heterocycles. The van der Waals surface area contributed by atoms with Crippen molar-refractivity contribution in [1.29, 1.82) is 0 Å². The molecule has 1 aromatic rings. The van der Waals surface area contributed by atoms with Gasteiger partial charge in [-0.3, -0.25) is 0 Å². The fourth-order valence-corrected chi connectivity index (χ4v) is 1.61. The van der Waals surface area contributed by atoms with Crippen molar-refractivity contribution in [1.82, 2.24) is 0 Å². The highest BCUT2D eigenvalue weighted by atomic mass is 35.5. The first-order chi connectivity index (χ1) is 6.79. The van der Waals surface area contributed by atoms with Crippen molar-refractivity contribution >= 4 is 17.9 Å². The molecule has 0 radical (unpaired) electrons. The van der Waals surface area contributed by atoms with Crippen LogP contribution in [0.25, 0.3) is 0 Å². The predicted octanol–water partition coefficient (Wildman–Crippen LogP) is 2.70. The topological polar surface area (TPSA) is 26.3 Å². The van der Waals surface area contributed by atoms with Crippen molar-refractivity contribution in [2.45, 2.75) is 18.9 Å². The Morgan fingerprint density at radius 2 is 2.00 bits per heavy atom. The van der Waals surface area contributed by atoms with Gasteiger partial charge >= 0.3 is 0 Å². The molecule has 2 unspecified atom stereocenters. The van der Waals surface area contributed by atoms with Crippen molar-refractivity contribution in [3.63, 3.8) is 0 Å². The highest BCUT2D eigenvalue weighted by Gasteiger charge is 2.32. The van der Waals surface area contributed by atoms with Gasteiger partial charge in [0.05, 0.1) is 5.92 Å². The average molecular weight is 211 g/mol. The third-order valence-electron chi connectivity index (χ3n) is 2.54. The first-order valence-electron chi connectivity index (χ1n) is 4.67. The van der Waals surface area contributed by atoms with Gasteiger partial charge in [0.1, 0.15) is 18.1 Å². The monoisotopic (exact) mass is 210 g/mol. The molecule has 1 aliphatic rings. The summed E-state index contributed by atoms with van der Waals surface area (Å²) >= 11 is 5.74. The molecule has 1 aliphatic carbocycles. The molecule has 0 saturated heterocycles. The quantitative estimate of drug-likeness (QED) is 0.717.